The highest BCUT2D eigenvalue weighted by molar-refractivity contribution is 4.83. The molecule has 1 fully saturated rings. The van der Waals surface area contributed by atoms with Crippen molar-refractivity contribution in [2.75, 3.05) is 6.61 Å². The van der Waals surface area contributed by atoms with E-state index in [1.807, 2.05) is 0 Å². The van der Waals surface area contributed by atoms with E-state index >= 15 is 0 Å². The average Bonchev–Trinajstić information content (AvgIpc) is 2.14. The minimum absolute atomic E-state index is 0.143. The maximum atomic E-state index is 6.01. The highest BCUT2D eigenvalue weighted by Crippen LogP contribution is 2.36. The predicted octanol–water partition coefficient (Wildman–Crippen LogP) is 3.74. The van der Waals surface area contributed by atoms with Crippen LogP contribution in [0, 0.1) is 5.41 Å². The Labute approximate surface area is 94.3 Å². The van der Waals surface area contributed by atoms with Crippen molar-refractivity contribution >= 4 is 0 Å². The fourth-order valence-corrected chi connectivity index (χ4v) is 1.85. The number of unbranched alkanes of at least 4 members (excludes halogenated alkanes) is 2. The van der Waals surface area contributed by atoms with E-state index in [0.29, 0.717) is 0 Å². The van der Waals surface area contributed by atoms with E-state index in [-0.39, 0.29) is 17.3 Å². The molecule has 90 valence electrons. The first-order valence-electron chi connectivity index (χ1n) is 6.21. The third kappa shape index (κ3) is 3.46. The molecular formula is C13H26O2. The molecule has 1 aliphatic rings. The van der Waals surface area contributed by atoms with Crippen molar-refractivity contribution in [3.63, 3.8) is 0 Å². The second-order valence-corrected chi connectivity index (χ2v) is 5.63. The van der Waals surface area contributed by atoms with Gasteiger partial charge in [0.1, 0.15) is 0 Å². The van der Waals surface area contributed by atoms with E-state index in [1.165, 1.54) is 19.3 Å². The smallest absolute Gasteiger partial charge is 0.165 e. The monoisotopic (exact) mass is 214 g/mol. The maximum absolute atomic E-state index is 6.01. The van der Waals surface area contributed by atoms with Crippen LogP contribution in [-0.4, -0.2) is 18.5 Å². The quantitative estimate of drug-likeness (QED) is 0.664. The lowest BCUT2D eigenvalue weighted by Gasteiger charge is -2.46. The first kappa shape index (κ1) is 13.0. The van der Waals surface area contributed by atoms with Crippen molar-refractivity contribution in [1.29, 1.82) is 0 Å². The van der Waals surface area contributed by atoms with Crippen LogP contribution in [0.3, 0.4) is 0 Å². The van der Waals surface area contributed by atoms with Gasteiger partial charge in [-0.15, -0.1) is 0 Å². The summed E-state index contributed by atoms with van der Waals surface area (Å²) in [5.41, 5.74) is 0.143. The molecule has 0 radical (unpaired) electrons. The number of ether oxygens (including phenoxy) is 2. The zero-order valence-electron chi connectivity index (χ0n) is 10.9. The van der Waals surface area contributed by atoms with Gasteiger partial charge < -0.3 is 9.47 Å². The Morgan fingerprint density at radius 3 is 2.40 bits per heavy atom. The normalized spacial score (nSPS) is 35.4. The zero-order valence-corrected chi connectivity index (χ0v) is 10.9. The molecule has 0 aromatic rings. The molecule has 2 atom stereocenters. The highest BCUT2D eigenvalue weighted by Gasteiger charge is 2.41. The molecule has 0 amide bonds. The Bertz CT molecular complexity index is 201. The van der Waals surface area contributed by atoms with Crippen LogP contribution in [0.1, 0.15) is 60.3 Å². The summed E-state index contributed by atoms with van der Waals surface area (Å²) < 4.78 is 11.9. The van der Waals surface area contributed by atoms with Gasteiger partial charge in [0, 0.05) is 11.8 Å². The van der Waals surface area contributed by atoms with Crippen LogP contribution in [0.2, 0.25) is 0 Å². The van der Waals surface area contributed by atoms with E-state index in [2.05, 4.69) is 34.6 Å². The van der Waals surface area contributed by atoms with E-state index in [4.69, 9.17) is 9.47 Å². The molecule has 0 spiro atoms. The summed E-state index contributed by atoms with van der Waals surface area (Å²) in [6.07, 6.45) is 5.00. The van der Waals surface area contributed by atoms with Gasteiger partial charge in [-0.2, -0.15) is 0 Å². The molecule has 0 aromatic carbocycles. The van der Waals surface area contributed by atoms with Crippen molar-refractivity contribution in [2.45, 2.75) is 72.2 Å². The lowest BCUT2D eigenvalue weighted by atomic mass is 9.86. The van der Waals surface area contributed by atoms with Crippen LogP contribution < -0.4 is 0 Å². The molecule has 0 unspecified atom stereocenters. The third-order valence-corrected chi connectivity index (χ3v) is 3.51. The van der Waals surface area contributed by atoms with E-state index in [9.17, 15) is 0 Å². The van der Waals surface area contributed by atoms with Crippen molar-refractivity contribution in [3.8, 4) is 0 Å². The maximum Gasteiger partial charge on any atom is 0.165 e. The molecule has 1 saturated heterocycles. The van der Waals surface area contributed by atoms with Crippen LogP contribution in [0.25, 0.3) is 0 Å². The van der Waals surface area contributed by atoms with Gasteiger partial charge in [-0.1, -0.05) is 33.6 Å². The van der Waals surface area contributed by atoms with Crippen LogP contribution in [0.4, 0.5) is 0 Å². The Morgan fingerprint density at radius 1 is 1.20 bits per heavy atom. The van der Waals surface area contributed by atoms with Crippen molar-refractivity contribution < 1.29 is 9.47 Å². The Morgan fingerprint density at radius 2 is 1.87 bits per heavy atom. The van der Waals surface area contributed by atoms with Gasteiger partial charge in [0.2, 0.25) is 0 Å². The molecule has 2 nitrogen and oxygen atoms in total. The first-order chi connectivity index (χ1) is 6.90. The summed E-state index contributed by atoms with van der Waals surface area (Å²) in [4.78, 5) is 0. The van der Waals surface area contributed by atoms with Gasteiger partial charge in [0.05, 0.1) is 12.7 Å². The standard InChI is InChI=1S/C13H26O2/c1-6-7-8-9-13(5)14-10-12(3,4)11(2)15-13/h11H,6-10H2,1-5H3/t11-,13+/m1/s1. The van der Waals surface area contributed by atoms with E-state index in [1.54, 1.807) is 0 Å². The molecule has 0 N–H and O–H groups in total. The SMILES string of the molecule is CCCCC[C@@]1(C)OCC(C)(C)[C@@H](C)O1. The summed E-state index contributed by atoms with van der Waals surface area (Å²) in [5, 5.41) is 0. The predicted molar refractivity (Wildman–Crippen MR) is 62.8 cm³/mol. The second kappa shape index (κ2) is 4.84. The van der Waals surface area contributed by atoms with Crippen molar-refractivity contribution in [2.24, 2.45) is 5.41 Å². The Hall–Kier alpha value is -0.0800. The van der Waals surface area contributed by atoms with E-state index < -0.39 is 0 Å². The zero-order chi connectivity index (χ0) is 11.5. The molecular weight excluding hydrogens is 188 g/mol. The molecule has 1 rings (SSSR count). The molecule has 2 heteroatoms. The Kier molecular flexibility index (Phi) is 4.19. The summed E-state index contributed by atoms with van der Waals surface area (Å²) in [6, 6.07) is 0. The molecule has 0 saturated carbocycles. The largest absolute Gasteiger partial charge is 0.350 e. The third-order valence-electron chi connectivity index (χ3n) is 3.51. The van der Waals surface area contributed by atoms with Crippen LogP contribution in [0.5, 0.6) is 0 Å². The Balaban J connectivity index is 2.44. The lowest BCUT2D eigenvalue weighted by Crippen LogP contribution is -2.50. The molecule has 0 aliphatic carbocycles. The average molecular weight is 214 g/mol. The van der Waals surface area contributed by atoms with Crippen molar-refractivity contribution in [3.05, 3.63) is 0 Å². The topological polar surface area (TPSA) is 18.5 Å². The molecule has 0 aromatic heterocycles. The second-order valence-electron chi connectivity index (χ2n) is 5.63. The summed E-state index contributed by atoms with van der Waals surface area (Å²) in [5.74, 6) is -0.343. The van der Waals surface area contributed by atoms with Gasteiger partial charge in [0.15, 0.2) is 5.79 Å². The minimum Gasteiger partial charge on any atom is -0.350 e. The molecule has 0 bridgehead atoms. The van der Waals surface area contributed by atoms with Gasteiger partial charge in [-0.05, 0) is 20.3 Å². The summed E-state index contributed by atoms with van der Waals surface area (Å²) in [7, 11) is 0. The van der Waals surface area contributed by atoms with Gasteiger partial charge in [0.25, 0.3) is 0 Å². The minimum atomic E-state index is -0.343. The van der Waals surface area contributed by atoms with Gasteiger partial charge in [-0.3, -0.25) is 0 Å². The van der Waals surface area contributed by atoms with Crippen LogP contribution in [0.15, 0.2) is 0 Å². The number of hydrogen-bond donors (Lipinski definition) is 0. The van der Waals surface area contributed by atoms with Gasteiger partial charge in [-0.25, -0.2) is 0 Å². The van der Waals surface area contributed by atoms with Gasteiger partial charge >= 0.3 is 0 Å². The molecule has 1 heterocycles. The molecule has 15 heavy (non-hydrogen) atoms. The van der Waals surface area contributed by atoms with E-state index in [0.717, 1.165) is 13.0 Å². The fourth-order valence-electron chi connectivity index (χ4n) is 1.85. The number of hydrogen-bond acceptors (Lipinski definition) is 2. The lowest BCUT2D eigenvalue weighted by molar-refractivity contribution is -0.319. The summed E-state index contributed by atoms with van der Waals surface area (Å²) in [6.45, 7) is 11.6. The first-order valence-corrected chi connectivity index (χ1v) is 6.21. The van der Waals surface area contributed by atoms with Crippen LogP contribution >= 0.6 is 0 Å². The number of rotatable bonds is 4. The summed E-state index contributed by atoms with van der Waals surface area (Å²) >= 11 is 0. The fraction of sp³-hybridized carbons (Fsp3) is 1.00. The van der Waals surface area contributed by atoms with Crippen LogP contribution in [-0.2, 0) is 9.47 Å². The highest BCUT2D eigenvalue weighted by atomic mass is 16.7. The van der Waals surface area contributed by atoms with Crippen molar-refractivity contribution in [1.82, 2.24) is 0 Å². The molecule has 1 aliphatic heterocycles.